The minimum Gasteiger partial charge on any atom is -0.212 e. The van der Waals surface area contributed by atoms with Gasteiger partial charge < -0.3 is 0 Å². The molecule has 2 aromatic carbocycles. The molecule has 4 heteroatoms. The summed E-state index contributed by atoms with van der Waals surface area (Å²) in [5.41, 5.74) is 3.97. The zero-order valence-corrected chi connectivity index (χ0v) is 13.7. The molecule has 0 aromatic heterocycles. The maximum atomic E-state index is 11.8. The zero-order chi connectivity index (χ0) is 16.2. The Hall–Kier alpha value is -1.91. The summed E-state index contributed by atoms with van der Waals surface area (Å²) in [6.07, 6.45) is 0. The molecule has 1 N–H and O–H groups in total. The largest absolute Gasteiger partial charge is 0.214 e. The lowest BCUT2D eigenvalue weighted by atomic mass is 10.0. The molecule has 0 bridgehead atoms. The highest BCUT2D eigenvalue weighted by Crippen LogP contribution is 2.21. The molecule has 0 unspecified atom stereocenters. The Morgan fingerprint density at radius 1 is 1.00 bits per heavy atom. The molecular weight excluding hydrogens is 306 g/mol. The molecular formula is C19H25NO2S. The van der Waals surface area contributed by atoms with Gasteiger partial charge in [-0.3, -0.25) is 0 Å². The van der Waals surface area contributed by atoms with E-state index in [1.807, 2.05) is 42.5 Å². The first-order chi connectivity index (χ1) is 10.4. The molecule has 0 amide bonds. The number of nitrogens with one attached hydrogen (secondary N) is 1. The average Bonchev–Trinajstić information content (AvgIpc) is 2.53. The van der Waals surface area contributed by atoms with Crippen LogP contribution < -0.4 is 4.72 Å². The molecule has 0 aliphatic carbocycles. The van der Waals surface area contributed by atoms with Crippen molar-refractivity contribution in [1.82, 2.24) is 4.72 Å². The van der Waals surface area contributed by atoms with Crippen LogP contribution in [0.4, 0.5) is 0 Å². The molecule has 124 valence electrons. The Morgan fingerprint density at radius 2 is 1.52 bits per heavy atom. The van der Waals surface area contributed by atoms with Crippen molar-refractivity contribution < 1.29 is 8.42 Å². The third-order valence-electron chi connectivity index (χ3n) is 3.51. The second-order valence-corrected chi connectivity index (χ2v) is 7.78. The summed E-state index contributed by atoms with van der Waals surface area (Å²) in [5, 5.41) is -0.444. The Bertz CT molecular complexity index is 733. The van der Waals surface area contributed by atoms with E-state index >= 15 is 0 Å². The third-order valence-corrected chi connectivity index (χ3v) is 5.30. The molecule has 0 saturated heterocycles. The van der Waals surface area contributed by atoms with Crippen molar-refractivity contribution in [1.29, 1.82) is 0 Å². The van der Waals surface area contributed by atoms with E-state index in [9.17, 15) is 8.42 Å². The topological polar surface area (TPSA) is 46.2 Å². The van der Waals surface area contributed by atoms with Crippen molar-refractivity contribution in [2.75, 3.05) is 6.54 Å². The van der Waals surface area contributed by atoms with Crippen LogP contribution in [0.15, 0.2) is 61.2 Å². The summed E-state index contributed by atoms with van der Waals surface area (Å²) in [5.74, 6) is 0. The molecule has 0 spiro atoms. The lowest BCUT2D eigenvalue weighted by Gasteiger charge is -2.12. The van der Waals surface area contributed by atoms with Gasteiger partial charge in [0, 0.05) is 6.54 Å². The van der Waals surface area contributed by atoms with E-state index in [0.29, 0.717) is 0 Å². The van der Waals surface area contributed by atoms with Gasteiger partial charge in [0.2, 0.25) is 10.0 Å². The lowest BCUT2D eigenvalue weighted by molar-refractivity contribution is 0.577. The van der Waals surface area contributed by atoms with Crippen molar-refractivity contribution in [3.63, 3.8) is 0 Å². The second kappa shape index (κ2) is 8.09. The van der Waals surface area contributed by atoms with Crippen LogP contribution in [0.3, 0.4) is 0 Å². The summed E-state index contributed by atoms with van der Waals surface area (Å²) < 4.78 is 26.1. The molecule has 0 atom stereocenters. The van der Waals surface area contributed by atoms with Gasteiger partial charge in [-0.2, -0.15) is 0 Å². The van der Waals surface area contributed by atoms with E-state index in [-0.39, 0.29) is 14.0 Å². The summed E-state index contributed by atoms with van der Waals surface area (Å²) >= 11 is 0. The summed E-state index contributed by atoms with van der Waals surface area (Å²) in [7, 11) is -3.26. The highest BCUT2D eigenvalue weighted by molar-refractivity contribution is 7.90. The van der Waals surface area contributed by atoms with Crippen molar-refractivity contribution in [2.45, 2.75) is 26.5 Å². The average molecular weight is 331 g/mol. The fraction of sp³-hybridized carbons (Fsp3) is 0.263. The fourth-order valence-corrected chi connectivity index (χ4v) is 2.69. The monoisotopic (exact) mass is 331 g/mol. The quantitative estimate of drug-likeness (QED) is 0.856. The molecule has 2 aromatic rings. The Balaban J connectivity index is 0.00000264. The Labute approximate surface area is 140 Å². The van der Waals surface area contributed by atoms with Gasteiger partial charge in [-0.1, -0.05) is 68.6 Å². The molecule has 2 rings (SSSR count). The first-order valence-corrected chi connectivity index (χ1v) is 8.77. The van der Waals surface area contributed by atoms with Crippen molar-refractivity contribution >= 4 is 15.6 Å². The lowest BCUT2D eigenvalue weighted by Crippen LogP contribution is -2.31. The molecule has 0 aliphatic rings. The highest BCUT2D eigenvalue weighted by Gasteiger charge is 2.15. The second-order valence-electron chi connectivity index (χ2n) is 5.46. The van der Waals surface area contributed by atoms with Crippen LogP contribution in [0.2, 0.25) is 0 Å². The number of rotatable bonds is 6. The molecule has 0 fully saturated rings. The van der Waals surface area contributed by atoms with Crippen molar-refractivity contribution in [3.8, 4) is 11.1 Å². The molecule has 3 nitrogen and oxygen atoms in total. The maximum Gasteiger partial charge on any atom is 0.214 e. The van der Waals surface area contributed by atoms with Gasteiger partial charge in [-0.05, 0) is 36.1 Å². The molecule has 0 radical (unpaired) electrons. The van der Waals surface area contributed by atoms with Gasteiger partial charge in [0.15, 0.2) is 0 Å². The van der Waals surface area contributed by atoms with Gasteiger partial charge in [-0.25, -0.2) is 13.1 Å². The van der Waals surface area contributed by atoms with Crippen molar-refractivity contribution in [2.24, 2.45) is 0 Å². The predicted octanol–water partition coefficient (Wildman–Crippen LogP) is 4.33. The van der Waals surface area contributed by atoms with Crippen LogP contribution in [0.5, 0.6) is 0 Å². The minimum atomic E-state index is -3.26. The standard InChI is InChI=1S/C18H21NO2S.CH4/c1-14(2)22(20,21)19-13-15(3)16-9-11-18(12-10-16)17-7-5-4-6-8-17;/h4-12,14,19H,3,13H2,1-2H3;1H4. The normalized spacial score (nSPS) is 11.1. The van der Waals surface area contributed by atoms with Crippen LogP contribution in [-0.4, -0.2) is 20.2 Å². The van der Waals surface area contributed by atoms with E-state index in [1.165, 1.54) is 0 Å². The molecule has 0 heterocycles. The van der Waals surface area contributed by atoms with E-state index in [2.05, 4.69) is 23.4 Å². The smallest absolute Gasteiger partial charge is 0.212 e. The number of hydrogen-bond donors (Lipinski definition) is 1. The summed E-state index contributed by atoms with van der Waals surface area (Å²) in [6.45, 7) is 7.50. The minimum absolute atomic E-state index is 0. The van der Waals surface area contributed by atoms with Crippen LogP contribution in [0.25, 0.3) is 16.7 Å². The summed E-state index contributed by atoms with van der Waals surface area (Å²) in [6, 6.07) is 18.1. The third kappa shape index (κ3) is 5.05. The fourth-order valence-electron chi connectivity index (χ4n) is 1.99. The van der Waals surface area contributed by atoms with E-state index in [0.717, 1.165) is 22.3 Å². The van der Waals surface area contributed by atoms with Crippen LogP contribution >= 0.6 is 0 Å². The van der Waals surface area contributed by atoms with Gasteiger partial charge >= 0.3 is 0 Å². The maximum absolute atomic E-state index is 11.8. The number of benzene rings is 2. The first-order valence-electron chi connectivity index (χ1n) is 7.22. The summed E-state index contributed by atoms with van der Waals surface area (Å²) in [4.78, 5) is 0. The van der Waals surface area contributed by atoms with E-state index < -0.39 is 15.3 Å². The van der Waals surface area contributed by atoms with Crippen LogP contribution in [0, 0.1) is 0 Å². The molecule has 23 heavy (non-hydrogen) atoms. The van der Waals surface area contributed by atoms with Crippen molar-refractivity contribution in [3.05, 3.63) is 66.7 Å². The molecule has 0 saturated carbocycles. The van der Waals surface area contributed by atoms with Gasteiger partial charge in [-0.15, -0.1) is 0 Å². The van der Waals surface area contributed by atoms with E-state index in [1.54, 1.807) is 13.8 Å². The van der Waals surface area contributed by atoms with E-state index in [4.69, 9.17) is 0 Å². The number of hydrogen-bond acceptors (Lipinski definition) is 2. The zero-order valence-electron chi connectivity index (χ0n) is 12.9. The SMILES string of the molecule is C.C=C(CNS(=O)(=O)C(C)C)c1ccc(-c2ccccc2)cc1. The van der Waals surface area contributed by atoms with Gasteiger partial charge in [0.25, 0.3) is 0 Å². The van der Waals surface area contributed by atoms with Crippen LogP contribution in [-0.2, 0) is 10.0 Å². The van der Waals surface area contributed by atoms with Gasteiger partial charge in [0.05, 0.1) is 5.25 Å². The first kappa shape index (κ1) is 19.1. The number of sulfonamides is 1. The Kier molecular flexibility index (Phi) is 6.73. The highest BCUT2D eigenvalue weighted by atomic mass is 32.2. The molecule has 0 aliphatic heterocycles. The predicted molar refractivity (Wildman–Crippen MR) is 99.7 cm³/mol. The Morgan fingerprint density at radius 3 is 2.04 bits per heavy atom. The van der Waals surface area contributed by atoms with Gasteiger partial charge in [0.1, 0.15) is 0 Å². The van der Waals surface area contributed by atoms with Crippen LogP contribution in [0.1, 0.15) is 26.8 Å².